The van der Waals surface area contributed by atoms with E-state index < -0.39 is 5.97 Å². The van der Waals surface area contributed by atoms with Crippen molar-refractivity contribution in [1.29, 1.82) is 0 Å². The number of thiophene rings is 1. The van der Waals surface area contributed by atoms with E-state index in [1.165, 1.54) is 11.3 Å². The molecule has 2 aromatic rings. The fourth-order valence-electron chi connectivity index (χ4n) is 2.16. The number of nitrogens with zero attached hydrogens (tertiary/aromatic N) is 1. The average molecular weight is 307 g/mol. The first-order valence-corrected chi connectivity index (χ1v) is 7.56. The van der Waals surface area contributed by atoms with E-state index in [1.807, 2.05) is 6.92 Å². The van der Waals surface area contributed by atoms with Gasteiger partial charge in [0.1, 0.15) is 4.88 Å². The Morgan fingerprint density at radius 3 is 2.33 bits per heavy atom. The zero-order chi connectivity index (χ0) is 15.6. The largest absolute Gasteiger partial charge is 0.462 e. The van der Waals surface area contributed by atoms with Crippen LogP contribution in [0.2, 0.25) is 0 Å². The molecular weight excluding hydrogens is 290 g/mol. The van der Waals surface area contributed by atoms with Gasteiger partial charge in [0, 0.05) is 5.39 Å². The van der Waals surface area contributed by atoms with Crippen LogP contribution in [-0.4, -0.2) is 30.1 Å². The van der Waals surface area contributed by atoms with Crippen LogP contribution in [0.3, 0.4) is 0 Å². The van der Waals surface area contributed by atoms with E-state index in [0.717, 1.165) is 10.4 Å². The highest BCUT2D eigenvalue weighted by molar-refractivity contribution is 7.21. The summed E-state index contributed by atoms with van der Waals surface area (Å²) in [6.45, 7) is 7.74. The molecular formula is C15H17NO4S. The average Bonchev–Trinajstić information content (AvgIpc) is 2.84. The first-order valence-electron chi connectivity index (χ1n) is 6.74. The van der Waals surface area contributed by atoms with Gasteiger partial charge in [-0.25, -0.2) is 9.59 Å². The number of rotatable bonds is 4. The summed E-state index contributed by atoms with van der Waals surface area (Å²) in [6, 6.07) is 1.69. The molecule has 0 radical (unpaired) electrons. The minimum Gasteiger partial charge on any atom is -0.462 e. The van der Waals surface area contributed by atoms with Gasteiger partial charge in [0.25, 0.3) is 0 Å². The second kappa shape index (κ2) is 6.22. The summed E-state index contributed by atoms with van der Waals surface area (Å²) in [4.78, 5) is 28.8. The van der Waals surface area contributed by atoms with Crippen molar-refractivity contribution in [2.45, 2.75) is 27.7 Å². The molecule has 0 aliphatic heterocycles. The van der Waals surface area contributed by atoms with Crippen LogP contribution in [0.25, 0.3) is 10.1 Å². The first-order chi connectivity index (χ1) is 9.99. The van der Waals surface area contributed by atoms with Crippen LogP contribution in [0.15, 0.2) is 6.07 Å². The van der Waals surface area contributed by atoms with Crippen molar-refractivity contribution in [3.05, 3.63) is 27.9 Å². The number of hydrogen-bond donors (Lipinski definition) is 0. The standard InChI is InChI=1S/C15H17NO4S/c1-5-19-14(17)11-7-10-12(15(18)20-6-2)8(3)16-9(4)13(10)21-11/h7H,5-6H2,1-4H3. The summed E-state index contributed by atoms with van der Waals surface area (Å²) in [7, 11) is 0. The van der Waals surface area contributed by atoms with Gasteiger partial charge in [-0.15, -0.1) is 11.3 Å². The molecule has 6 heteroatoms. The van der Waals surface area contributed by atoms with E-state index in [1.54, 1.807) is 26.8 Å². The number of hydrogen-bond acceptors (Lipinski definition) is 6. The van der Waals surface area contributed by atoms with Gasteiger partial charge in [0.15, 0.2) is 0 Å². The molecule has 0 bridgehead atoms. The third-order valence-corrected chi connectivity index (χ3v) is 4.21. The minimum absolute atomic E-state index is 0.294. The SMILES string of the molecule is CCOC(=O)c1cc2c(C(=O)OCC)c(C)nc(C)c2s1. The number of aromatic nitrogens is 1. The highest BCUT2D eigenvalue weighted by Crippen LogP contribution is 2.32. The fraction of sp³-hybridized carbons (Fsp3) is 0.400. The quantitative estimate of drug-likeness (QED) is 0.811. The lowest BCUT2D eigenvalue weighted by atomic mass is 10.1. The van der Waals surface area contributed by atoms with Gasteiger partial charge in [-0.3, -0.25) is 4.98 Å². The molecule has 0 aromatic carbocycles. The maximum Gasteiger partial charge on any atom is 0.348 e. The van der Waals surface area contributed by atoms with Crippen molar-refractivity contribution in [2.24, 2.45) is 0 Å². The summed E-state index contributed by atoms with van der Waals surface area (Å²) in [6.07, 6.45) is 0. The Balaban J connectivity index is 2.63. The molecule has 0 atom stereocenters. The number of ether oxygens (including phenoxy) is 2. The van der Waals surface area contributed by atoms with E-state index in [9.17, 15) is 9.59 Å². The van der Waals surface area contributed by atoms with E-state index in [0.29, 0.717) is 34.7 Å². The number of esters is 2. The molecule has 0 unspecified atom stereocenters. The van der Waals surface area contributed by atoms with E-state index in [2.05, 4.69) is 4.98 Å². The lowest BCUT2D eigenvalue weighted by Gasteiger charge is -2.07. The van der Waals surface area contributed by atoms with Crippen LogP contribution >= 0.6 is 11.3 Å². The highest BCUT2D eigenvalue weighted by atomic mass is 32.1. The van der Waals surface area contributed by atoms with Crippen molar-refractivity contribution < 1.29 is 19.1 Å². The summed E-state index contributed by atoms with van der Waals surface area (Å²) < 4.78 is 10.9. The second-order valence-electron chi connectivity index (χ2n) is 4.45. The Labute approximate surface area is 126 Å². The van der Waals surface area contributed by atoms with Crippen molar-refractivity contribution in [3.8, 4) is 0 Å². The third kappa shape index (κ3) is 2.90. The van der Waals surface area contributed by atoms with Crippen molar-refractivity contribution in [1.82, 2.24) is 4.98 Å². The number of carbonyl (C=O) groups excluding carboxylic acids is 2. The first kappa shape index (κ1) is 15.4. The molecule has 112 valence electrons. The minimum atomic E-state index is -0.416. The predicted molar refractivity (Wildman–Crippen MR) is 81.0 cm³/mol. The molecule has 0 N–H and O–H groups in total. The Hall–Kier alpha value is -1.95. The molecule has 0 aliphatic rings. The van der Waals surface area contributed by atoms with Crippen LogP contribution in [0.4, 0.5) is 0 Å². The summed E-state index contributed by atoms with van der Waals surface area (Å²) in [5.74, 6) is -0.800. The normalized spacial score (nSPS) is 10.7. The smallest absolute Gasteiger partial charge is 0.348 e. The van der Waals surface area contributed by atoms with Gasteiger partial charge in [0.2, 0.25) is 0 Å². The Morgan fingerprint density at radius 1 is 1.10 bits per heavy atom. The lowest BCUT2D eigenvalue weighted by Crippen LogP contribution is -2.09. The molecule has 2 aromatic heterocycles. The lowest BCUT2D eigenvalue weighted by molar-refractivity contribution is 0.0518. The van der Waals surface area contributed by atoms with Crippen molar-refractivity contribution in [2.75, 3.05) is 13.2 Å². The highest BCUT2D eigenvalue weighted by Gasteiger charge is 2.21. The van der Waals surface area contributed by atoms with E-state index in [-0.39, 0.29) is 5.97 Å². The number of aryl methyl sites for hydroxylation is 2. The van der Waals surface area contributed by atoms with Crippen molar-refractivity contribution >= 4 is 33.4 Å². The van der Waals surface area contributed by atoms with Crippen molar-refractivity contribution in [3.63, 3.8) is 0 Å². The van der Waals surface area contributed by atoms with Crippen LogP contribution in [0.5, 0.6) is 0 Å². The van der Waals surface area contributed by atoms with Crippen LogP contribution in [0, 0.1) is 13.8 Å². The maximum absolute atomic E-state index is 12.1. The number of pyridine rings is 1. The van der Waals surface area contributed by atoms with Gasteiger partial charge >= 0.3 is 11.9 Å². The second-order valence-corrected chi connectivity index (χ2v) is 5.50. The molecule has 0 fully saturated rings. The van der Waals surface area contributed by atoms with E-state index >= 15 is 0 Å². The molecule has 2 rings (SSSR count). The zero-order valence-corrected chi connectivity index (χ0v) is 13.3. The van der Waals surface area contributed by atoms with Crippen LogP contribution < -0.4 is 0 Å². The Kier molecular flexibility index (Phi) is 4.57. The molecule has 21 heavy (non-hydrogen) atoms. The third-order valence-electron chi connectivity index (χ3n) is 2.98. The molecule has 0 aliphatic carbocycles. The van der Waals surface area contributed by atoms with Crippen LogP contribution in [-0.2, 0) is 9.47 Å². The molecule has 0 amide bonds. The van der Waals surface area contributed by atoms with Gasteiger partial charge in [0.05, 0.1) is 34.9 Å². The zero-order valence-electron chi connectivity index (χ0n) is 12.5. The number of carbonyl (C=O) groups is 2. The Morgan fingerprint density at radius 2 is 1.71 bits per heavy atom. The summed E-state index contributed by atoms with van der Waals surface area (Å²) in [5, 5.41) is 0.700. The monoisotopic (exact) mass is 307 g/mol. The summed E-state index contributed by atoms with van der Waals surface area (Å²) in [5.41, 5.74) is 1.81. The maximum atomic E-state index is 12.1. The molecule has 2 heterocycles. The molecule has 0 saturated heterocycles. The van der Waals surface area contributed by atoms with Gasteiger partial charge in [-0.05, 0) is 33.8 Å². The van der Waals surface area contributed by atoms with Gasteiger partial charge < -0.3 is 9.47 Å². The molecule has 0 saturated carbocycles. The molecule has 5 nitrogen and oxygen atoms in total. The topological polar surface area (TPSA) is 65.5 Å². The Bertz CT molecular complexity index is 705. The summed E-state index contributed by atoms with van der Waals surface area (Å²) >= 11 is 1.29. The van der Waals surface area contributed by atoms with Crippen LogP contribution in [0.1, 0.15) is 45.3 Å². The van der Waals surface area contributed by atoms with Gasteiger partial charge in [-0.2, -0.15) is 0 Å². The predicted octanol–water partition coefficient (Wildman–Crippen LogP) is 3.27. The fourth-order valence-corrected chi connectivity index (χ4v) is 3.17. The van der Waals surface area contributed by atoms with Gasteiger partial charge in [-0.1, -0.05) is 0 Å². The number of fused-ring (bicyclic) bond motifs is 1. The van der Waals surface area contributed by atoms with E-state index in [4.69, 9.17) is 9.47 Å². The molecule has 0 spiro atoms.